The Morgan fingerprint density at radius 2 is 1.73 bits per heavy atom. The van der Waals surface area contributed by atoms with E-state index in [-0.39, 0.29) is 11.9 Å². The Bertz CT molecular complexity index is 903. The zero-order chi connectivity index (χ0) is 18.5. The van der Waals surface area contributed by atoms with Crippen molar-refractivity contribution in [3.05, 3.63) is 100 Å². The van der Waals surface area contributed by atoms with Gasteiger partial charge in [-0.1, -0.05) is 48.5 Å². The van der Waals surface area contributed by atoms with Crippen LogP contribution in [0.15, 0.2) is 67.0 Å². The first-order chi connectivity index (χ1) is 12.5. The molecule has 3 heteroatoms. The summed E-state index contributed by atoms with van der Waals surface area (Å²) in [5.41, 5.74) is 6.68. The normalized spacial score (nSPS) is 11.8. The maximum absolute atomic E-state index is 12.7. The molecule has 3 aromatic rings. The molecule has 0 aliphatic rings. The molecule has 0 fully saturated rings. The molecule has 0 radical (unpaired) electrons. The molecule has 1 aromatic heterocycles. The summed E-state index contributed by atoms with van der Waals surface area (Å²) in [5.74, 6) is 0.00591. The zero-order valence-electron chi connectivity index (χ0n) is 15.5. The number of aromatic nitrogens is 1. The van der Waals surface area contributed by atoms with E-state index in [2.05, 4.69) is 42.3 Å². The van der Waals surface area contributed by atoms with Crippen LogP contribution >= 0.6 is 0 Å². The van der Waals surface area contributed by atoms with E-state index >= 15 is 0 Å². The Balaban J connectivity index is 1.87. The van der Waals surface area contributed by atoms with E-state index in [1.54, 1.807) is 6.20 Å². The number of hydrogen-bond donors (Lipinski definition) is 1. The summed E-state index contributed by atoms with van der Waals surface area (Å²) >= 11 is 0. The van der Waals surface area contributed by atoms with Crippen molar-refractivity contribution in [1.29, 1.82) is 0 Å². The molecule has 132 valence electrons. The molecular formula is C23H24N2O. The Morgan fingerprint density at radius 3 is 2.42 bits per heavy atom. The molecular weight excluding hydrogens is 320 g/mol. The Labute approximate surface area is 155 Å². The molecule has 0 saturated carbocycles. The van der Waals surface area contributed by atoms with Gasteiger partial charge in [0.05, 0.1) is 12.5 Å². The van der Waals surface area contributed by atoms with Crippen molar-refractivity contribution in [1.82, 2.24) is 10.3 Å². The fourth-order valence-corrected chi connectivity index (χ4v) is 3.04. The smallest absolute Gasteiger partial charge is 0.225 e. The number of pyridine rings is 1. The van der Waals surface area contributed by atoms with Gasteiger partial charge in [0.1, 0.15) is 0 Å². The van der Waals surface area contributed by atoms with Crippen molar-refractivity contribution >= 4 is 5.91 Å². The highest BCUT2D eigenvalue weighted by Gasteiger charge is 2.18. The van der Waals surface area contributed by atoms with Crippen molar-refractivity contribution < 1.29 is 4.79 Å². The number of benzene rings is 2. The molecule has 3 rings (SSSR count). The molecule has 26 heavy (non-hydrogen) atoms. The van der Waals surface area contributed by atoms with E-state index in [1.165, 1.54) is 11.1 Å². The molecule has 0 aliphatic carbocycles. The van der Waals surface area contributed by atoms with E-state index in [1.807, 2.05) is 49.5 Å². The van der Waals surface area contributed by atoms with Crippen LogP contribution < -0.4 is 5.32 Å². The highest BCUT2D eigenvalue weighted by atomic mass is 16.1. The summed E-state index contributed by atoms with van der Waals surface area (Å²) in [7, 11) is 0. The second kappa shape index (κ2) is 7.96. The van der Waals surface area contributed by atoms with E-state index in [0.717, 1.165) is 22.3 Å². The lowest BCUT2D eigenvalue weighted by molar-refractivity contribution is -0.120. The third-order valence-electron chi connectivity index (χ3n) is 4.80. The van der Waals surface area contributed by atoms with Crippen molar-refractivity contribution in [2.45, 2.75) is 33.2 Å². The van der Waals surface area contributed by atoms with Gasteiger partial charge in [-0.2, -0.15) is 0 Å². The lowest BCUT2D eigenvalue weighted by Gasteiger charge is -2.21. The Hall–Kier alpha value is -2.94. The van der Waals surface area contributed by atoms with Crippen LogP contribution in [0.3, 0.4) is 0 Å². The molecule has 1 N–H and O–H groups in total. The van der Waals surface area contributed by atoms with Gasteiger partial charge in [0.25, 0.3) is 0 Å². The lowest BCUT2D eigenvalue weighted by atomic mass is 9.96. The van der Waals surface area contributed by atoms with Crippen LogP contribution in [-0.4, -0.2) is 10.9 Å². The second-order valence-electron chi connectivity index (χ2n) is 6.73. The molecule has 0 aliphatic heterocycles. The minimum Gasteiger partial charge on any atom is -0.345 e. The van der Waals surface area contributed by atoms with E-state index in [9.17, 15) is 4.79 Å². The highest BCUT2D eigenvalue weighted by molar-refractivity contribution is 5.79. The van der Waals surface area contributed by atoms with Gasteiger partial charge in [-0.15, -0.1) is 0 Å². The number of amides is 1. The number of nitrogens with one attached hydrogen (secondary N) is 1. The highest BCUT2D eigenvalue weighted by Crippen LogP contribution is 2.24. The van der Waals surface area contributed by atoms with Gasteiger partial charge in [0.2, 0.25) is 5.91 Å². The standard InChI is InChI=1S/C23H24N2O/c1-16-10-11-20(13-18(16)3)23(21-9-6-12-24-15-21)25-22(26)14-19-8-5-4-7-17(19)2/h4-13,15,23H,14H2,1-3H3,(H,25,26). The predicted octanol–water partition coefficient (Wildman–Crippen LogP) is 4.46. The topological polar surface area (TPSA) is 42.0 Å². The molecule has 1 unspecified atom stereocenters. The predicted molar refractivity (Wildman–Crippen MR) is 105 cm³/mol. The lowest BCUT2D eigenvalue weighted by Crippen LogP contribution is -2.31. The van der Waals surface area contributed by atoms with Crippen LogP contribution in [0.25, 0.3) is 0 Å². The van der Waals surface area contributed by atoms with Crippen molar-refractivity contribution in [3.63, 3.8) is 0 Å². The van der Waals surface area contributed by atoms with Gasteiger partial charge in [-0.05, 0) is 60.2 Å². The fourth-order valence-electron chi connectivity index (χ4n) is 3.04. The summed E-state index contributed by atoms with van der Waals surface area (Å²) in [6.45, 7) is 6.22. The van der Waals surface area contributed by atoms with Gasteiger partial charge >= 0.3 is 0 Å². The molecule has 0 spiro atoms. The molecule has 0 saturated heterocycles. The maximum atomic E-state index is 12.7. The SMILES string of the molecule is Cc1ccc(C(NC(=O)Cc2ccccc2C)c2cccnc2)cc1C. The van der Waals surface area contributed by atoms with E-state index in [4.69, 9.17) is 0 Å². The molecule has 1 amide bonds. The Kier molecular flexibility index (Phi) is 5.47. The van der Waals surface area contributed by atoms with Crippen molar-refractivity contribution in [2.24, 2.45) is 0 Å². The number of carbonyl (C=O) groups excluding carboxylic acids is 1. The summed E-state index contributed by atoms with van der Waals surface area (Å²) in [6.07, 6.45) is 3.93. The maximum Gasteiger partial charge on any atom is 0.225 e. The monoisotopic (exact) mass is 344 g/mol. The fraction of sp³-hybridized carbons (Fsp3) is 0.217. The molecule has 2 aromatic carbocycles. The molecule has 0 bridgehead atoms. The first-order valence-electron chi connectivity index (χ1n) is 8.85. The average Bonchev–Trinajstić information content (AvgIpc) is 2.65. The van der Waals surface area contributed by atoms with Gasteiger partial charge in [-0.3, -0.25) is 9.78 Å². The number of rotatable bonds is 5. The van der Waals surface area contributed by atoms with Crippen molar-refractivity contribution in [3.8, 4) is 0 Å². The molecule has 3 nitrogen and oxygen atoms in total. The van der Waals surface area contributed by atoms with E-state index in [0.29, 0.717) is 6.42 Å². The third kappa shape index (κ3) is 4.17. The number of nitrogens with zero attached hydrogens (tertiary/aromatic N) is 1. The van der Waals surface area contributed by atoms with Crippen LogP contribution in [-0.2, 0) is 11.2 Å². The minimum atomic E-state index is -0.209. The van der Waals surface area contributed by atoms with Crippen molar-refractivity contribution in [2.75, 3.05) is 0 Å². The van der Waals surface area contributed by atoms with Crippen LogP contribution in [0.1, 0.15) is 39.4 Å². The summed E-state index contributed by atoms with van der Waals surface area (Å²) in [5, 5.41) is 3.19. The molecule has 1 atom stereocenters. The Morgan fingerprint density at radius 1 is 0.923 bits per heavy atom. The summed E-state index contributed by atoms with van der Waals surface area (Å²) < 4.78 is 0. The van der Waals surface area contributed by atoms with E-state index < -0.39 is 0 Å². The van der Waals surface area contributed by atoms with Crippen LogP contribution in [0, 0.1) is 20.8 Å². The first kappa shape index (κ1) is 17.9. The number of hydrogen-bond acceptors (Lipinski definition) is 2. The van der Waals surface area contributed by atoms with Gasteiger partial charge in [-0.25, -0.2) is 0 Å². The van der Waals surface area contributed by atoms with Crippen LogP contribution in [0.2, 0.25) is 0 Å². The third-order valence-corrected chi connectivity index (χ3v) is 4.80. The zero-order valence-corrected chi connectivity index (χ0v) is 15.5. The van der Waals surface area contributed by atoms with Gasteiger partial charge in [0, 0.05) is 12.4 Å². The summed E-state index contributed by atoms with van der Waals surface area (Å²) in [6, 6.07) is 18.0. The van der Waals surface area contributed by atoms with Crippen LogP contribution in [0.5, 0.6) is 0 Å². The summed E-state index contributed by atoms with van der Waals surface area (Å²) in [4.78, 5) is 17.0. The largest absolute Gasteiger partial charge is 0.345 e. The van der Waals surface area contributed by atoms with Crippen LogP contribution in [0.4, 0.5) is 0 Å². The second-order valence-corrected chi connectivity index (χ2v) is 6.73. The van der Waals surface area contributed by atoms with Gasteiger partial charge < -0.3 is 5.32 Å². The molecule has 1 heterocycles. The van der Waals surface area contributed by atoms with Gasteiger partial charge in [0.15, 0.2) is 0 Å². The first-order valence-corrected chi connectivity index (χ1v) is 8.85. The minimum absolute atomic E-state index is 0.00591. The number of aryl methyl sites for hydroxylation is 3. The quantitative estimate of drug-likeness (QED) is 0.743. The number of carbonyl (C=O) groups is 1. The average molecular weight is 344 g/mol.